The van der Waals surface area contributed by atoms with Crippen LogP contribution in [0.1, 0.15) is 61.0 Å². The summed E-state index contributed by atoms with van der Waals surface area (Å²) in [7, 11) is 0. The van der Waals surface area contributed by atoms with Gasteiger partial charge < -0.3 is 19.1 Å². The van der Waals surface area contributed by atoms with Crippen molar-refractivity contribution in [3.63, 3.8) is 0 Å². The Labute approximate surface area is 200 Å². The lowest BCUT2D eigenvalue weighted by atomic mass is 9.87. The highest BCUT2D eigenvalue weighted by molar-refractivity contribution is 6.18. The quantitative estimate of drug-likeness (QED) is 0.315. The van der Waals surface area contributed by atoms with Gasteiger partial charge in [-0.05, 0) is 43.9 Å². The molecule has 0 radical (unpaired) electrons. The molecule has 1 aromatic carbocycles. The number of benzene rings is 1. The van der Waals surface area contributed by atoms with Gasteiger partial charge in [-0.15, -0.1) is 11.6 Å². The lowest BCUT2D eigenvalue weighted by Gasteiger charge is -2.31. The maximum absolute atomic E-state index is 13.5. The Morgan fingerprint density at radius 1 is 0.879 bits per heavy atom. The van der Waals surface area contributed by atoms with Gasteiger partial charge in [0.2, 0.25) is 12.2 Å². The Balaban J connectivity index is 3.44. The van der Waals surface area contributed by atoms with Crippen molar-refractivity contribution in [2.45, 2.75) is 78.6 Å². The number of rotatable bonds is 8. The average molecular weight is 484 g/mol. The van der Waals surface area contributed by atoms with E-state index >= 15 is 0 Å². The van der Waals surface area contributed by atoms with Gasteiger partial charge in [-0.1, -0.05) is 32.9 Å². The highest BCUT2D eigenvalue weighted by Gasteiger charge is 2.44. The van der Waals surface area contributed by atoms with Gasteiger partial charge in [-0.3, -0.25) is 14.4 Å². The molecule has 8 nitrogen and oxygen atoms in total. The van der Waals surface area contributed by atoms with Gasteiger partial charge in [-0.25, -0.2) is 4.79 Å². The normalized spacial score (nSPS) is 13.5. The van der Waals surface area contributed by atoms with Gasteiger partial charge in [-0.2, -0.15) is 0 Å². The van der Waals surface area contributed by atoms with Gasteiger partial charge in [0.15, 0.2) is 0 Å². The summed E-state index contributed by atoms with van der Waals surface area (Å²) in [5, 5.41) is 0. The van der Waals surface area contributed by atoms with Gasteiger partial charge >= 0.3 is 17.9 Å². The number of nitrogens with zero attached hydrogens (tertiary/aromatic N) is 1. The van der Waals surface area contributed by atoms with Crippen LogP contribution >= 0.6 is 11.6 Å². The Morgan fingerprint density at radius 3 is 1.76 bits per heavy atom. The van der Waals surface area contributed by atoms with Crippen molar-refractivity contribution >= 4 is 41.1 Å². The molecule has 184 valence electrons. The third-order valence-electron chi connectivity index (χ3n) is 4.36. The zero-order valence-electron chi connectivity index (χ0n) is 20.6. The number of hydrogen-bond donors (Lipinski definition) is 0. The van der Waals surface area contributed by atoms with E-state index in [1.807, 2.05) is 12.1 Å². The van der Waals surface area contributed by atoms with E-state index in [1.165, 1.54) is 4.90 Å². The number of ether oxygens (including phenoxy) is 3. The molecule has 1 amide bonds. The van der Waals surface area contributed by atoms with Gasteiger partial charge in [0.1, 0.15) is 5.60 Å². The summed E-state index contributed by atoms with van der Waals surface area (Å²) in [6.45, 7) is 13.3. The van der Waals surface area contributed by atoms with Crippen LogP contribution < -0.4 is 4.90 Å². The number of hydrogen-bond acceptors (Lipinski definition) is 7. The van der Waals surface area contributed by atoms with E-state index in [-0.39, 0.29) is 17.8 Å². The van der Waals surface area contributed by atoms with Crippen LogP contribution in [0.3, 0.4) is 0 Å². The number of carbonyl (C=O) groups is 4. The van der Waals surface area contributed by atoms with E-state index < -0.39 is 41.6 Å². The van der Waals surface area contributed by atoms with Crippen molar-refractivity contribution in [3.05, 3.63) is 29.8 Å². The maximum Gasteiger partial charge on any atom is 0.352 e. The van der Waals surface area contributed by atoms with Crippen molar-refractivity contribution in [2.24, 2.45) is 0 Å². The first-order valence-electron chi connectivity index (χ1n) is 10.6. The van der Waals surface area contributed by atoms with Crippen LogP contribution in [-0.4, -0.2) is 54.0 Å². The van der Waals surface area contributed by atoms with E-state index in [4.69, 9.17) is 25.8 Å². The molecular formula is C24H34ClNO7. The highest BCUT2D eigenvalue weighted by Crippen LogP contribution is 2.26. The molecule has 0 saturated carbocycles. The lowest BCUT2D eigenvalue weighted by molar-refractivity contribution is -0.188. The Kier molecular flexibility index (Phi) is 9.90. The van der Waals surface area contributed by atoms with Crippen LogP contribution in [0.2, 0.25) is 0 Å². The summed E-state index contributed by atoms with van der Waals surface area (Å²) < 4.78 is 15.6. The number of alkyl halides is 1. The average Bonchev–Trinajstić information content (AvgIpc) is 2.66. The first-order valence-corrected chi connectivity index (χ1v) is 11.2. The molecule has 0 spiro atoms. The predicted molar refractivity (Wildman–Crippen MR) is 125 cm³/mol. The lowest BCUT2D eigenvalue weighted by Crippen LogP contribution is -2.53. The van der Waals surface area contributed by atoms with Gasteiger partial charge in [0.25, 0.3) is 5.91 Å². The number of amides is 1. The molecule has 0 fully saturated rings. The maximum atomic E-state index is 13.5. The predicted octanol–water partition coefficient (Wildman–Crippen LogP) is 3.76. The molecule has 0 bridgehead atoms. The molecule has 1 rings (SSSR count). The molecule has 0 heterocycles. The second-order valence-electron chi connectivity index (χ2n) is 9.57. The largest absolute Gasteiger partial charge is 0.457 e. The second-order valence-corrected chi connectivity index (χ2v) is 9.95. The Morgan fingerprint density at radius 2 is 1.36 bits per heavy atom. The number of carbonyl (C=O) groups excluding carboxylic acids is 4. The third kappa shape index (κ3) is 9.04. The topological polar surface area (TPSA) is 99.2 Å². The summed E-state index contributed by atoms with van der Waals surface area (Å²) in [5.41, 5.74) is 0.499. The van der Waals surface area contributed by atoms with E-state index in [9.17, 15) is 19.2 Å². The van der Waals surface area contributed by atoms with E-state index in [0.717, 1.165) is 19.4 Å². The van der Waals surface area contributed by atoms with Crippen molar-refractivity contribution < 1.29 is 33.4 Å². The third-order valence-corrected chi connectivity index (χ3v) is 4.53. The van der Waals surface area contributed by atoms with Crippen LogP contribution in [0.15, 0.2) is 24.3 Å². The number of esters is 3. The minimum atomic E-state index is -1.79. The summed E-state index contributed by atoms with van der Waals surface area (Å²) in [5.74, 6) is -3.38. The number of halogens is 1. The van der Waals surface area contributed by atoms with Gasteiger partial charge in [0, 0.05) is 32.0 Å². The summed E-state index contributed by atoms with van der Waals surface area (Å²) in [6.07, 6.45) is -3.54. The SMILES string of the molecule is CC(=O)O[C@@H](C(=O)OC(C)(C)C)[C@@H](OC(C)=O)C(=O)N(CCCl)c1ccc(C(C)(C)C)cc1. The van der Waals surface area contributed by atoms with Crippen molar-refractivity contribution in [1.82, 2.24) is 0 Å². The van der Waals surface area contributed by atoms with E-state index in [0.29, 0.717) is 5.69 Å². The Hall–Kier alpha value is -2.61. The van der Waals surface area contributed by atoms with E-state index in [2.05, 4.69) is 20.8 Å². The highest BCUT2D eigenvalue weighted by atomic mass is 35.5. The molecule has 33 heavy (non-hydrogen) atoms. The van der Waals surface area contributed by atoms with Crippen LogP contribution in [0, 0.1) is 0 Å². The Bertz CT molecular complexity index is 853. The van der Waals surface area contributed by atoms with Crippen molar-refractivity contribution in [1.29, 1.82) is 0 Å². The van der Waals surface area contributed by atoms with Gasteiger partial charge in [0.05, 0.1) is 0 Å². The minimum Gasteiger partial charge on any atom is -0.457 e. The monoisotopic (exact) mass is 483 g/mol. The fourth-order valence-electron chi connectivity index (χ4n) is 2.94. The van der Waals surface area contributed by atoms with Crippen LogP contribution in [0.25, 0.3) is 0 Å². The van der Waals surface area contributed by atoms with Crippen LogP contribution in [-0.2, 0) is 38.8 Å². The summed E-state index contributed by atoms with van der Waals surface area (Å²) >= 11 is 5.94. The molecule has 0 aliphatic carbocycles. The summed E-state index contributed by atoms with van der Waals surface area (Å²) in [6, 6.07) is 7.23. The molecule has 0 aliphatic rings. The van der Waals surface area contributed by atoms with Crippen molar-refractivity contribution in [3.8, 4) is 0 Å². The summed E-state index contributed by atoms with van der Waals surface area (Å²) in [4.78, 5) is 51.2. The zero-order valence-corrected chi connectivity index (χ0v) is 21.3. The minimum absolute atomic E-state index is 0.0636. The zero-order chi connectivity index (χ0) is 25.6. The molecule has 2 atom stereocenters. The second kappa shape index (κ2) is 11.5. The molecular weight excluding hydrogens is 450 g/mol. The van der Waals surface area contributed by atoms with E-state index in [1.54, 1.807) is 32.9 Å². The smallest absolute Gasteiger partial charge is 0.352 e. The first-order chi connectivity index (χ1) is 15.1. The molecule has 0 aliphatic heterocycles. The fraction of sp³-hybridized carbons (Fsp3) is 0.583. The van der Waals surface area contributed by atoms with Crippen LogP contribution in [0.5, 0.6) is 0 Å². The molecule has 0 N–H and O–H groups in total. The fourth-order valence-corrected chi connectivity index (χ4v) is 3.11. The van der Waals surface area contributed by atoms with Crippen LogP contribution in [0.4, 0.5) is 5.69 Å². The molecule has 0 unspecified atom stereocenters. The molecule has 0 saturated heterocycles. The standard InChI is InChI=1S/C24H34ClNO7/c1-15(27)31-19(20(32-16(2)28)22(30)33-24(6,7)8)21(29)26(14-13-25)18-11-9-17(10-12-18)23(3,4)5/h9-12,19-20H,13-14H2,1-8H3/t19-,20-/m1/s1. The molecule has 9 heteroatoms. The first kappa shape index (κ1) is 28.4. The van der Waals surface area contributed by atoms with Crippen molar-refractivity contribution in [2.75, 3.05) is 17.3 Å². The number of anilines is 1. The molecule has 1 aromatic rings. The molecule has 0 aromatic heterocycles.